The van der Waals surface area contributed by atoms with Crippen LogP contribution < -0.4 is 0 Å². The van der Waals surface area contributed by atoms with Gasteiger partial charge in [-0.05, 0) is 25.3 Å². The number of aliphatic hydroxyl groups excluding tert-OH is 2. The van der Waals surface area contributed by atoms with Crippen molar-refractivity contribution in [3.8, 4) is 0 Å². The molecule has 0 bridgehead atoms. The van der Waals surface area contributed by atoms with E-state index in [2.05, 4.69) is 18.8 Å². The number of likely N-dealkylation sites (N-methyl/N-ethyl adjacent to an activating group) is 1. The SMILES string of the molecule is CCCCCCCCCCCC/C=C(\OC(=O)CCCCCCCCCCCCC)OC(=NCCO)C(CCO)[N+](C)(C)C. The van der Waals surface area contributed by atoms with Gasteiger partial charge in [0.2, 0.25) is 0 Å². The second-order valence-corrected chi connectivity index (χ2v) is 13.4. The van der Waals surface area contributed by atoms with Gasteiger partial charge in [0.15, 0.2) is 6.04 Å². The van der Waals surface area contributed by atoms with Crippen molar-refractivity contribution in [2.45, 2.75) is 174 Å². The Balaban J connectivity index is 4.93. The monoisotopic (exact) mass is 626 g/mol. The fourth-order valence-corrected chi connectivity index (χ4v) is 5.49. The Hall–Kier alpha value is -1.44. The maximum atomic E-state index is 12.8. The van der Waals surface area contributed by atoms with Crippen LogP contribution in [0.3, 0.4) is 0 Å². The molecule has 0 aromatic rings. The highest BCUT2D eigenvalue weighted by Crippen LogP contribution is 2.18. The van der Waals surface area contributed by atoms with Gasteiger partial charge in [0.25, 0.3) is 11.8 Å². The van der Waals surface area contributed by atoms with Gasteiger partial charge in [0, 0.05) is 19.4 Å². The summed E-state index contributed by atoms with van der Waals surface area (Å²) < 4.78 is 12.5. The van der Waals surface area contributed by atoms with Gasteiger partial charge in [0.05, 0.1) is 34.3 Å². The molecule has 0 fully saturated rings. The average molecular weight is 626 g/mol. The van der Waals surface area contributed by atoms with Crippen molar-refractivity contribution in [3.63, 3.8) is 0 Å². The standard InChI is InChI=1S/C37H73N2O5/c1-6-8-10-12-14-16-18-20-22-24-26-28-35(42)43-36(29-27-25-23-21-19-17-15-13-11-9-7-2)44-37(38-31-33-41)34(30-32-40)39(3,4)5/h29,34,40-41H,6-28,30-33H2,1-5H3/q+1/b36-29+,38-37?. The van der Waals surface area contributed by atoms with E-state index in [1.165, 1.54) is 103 Å². The van der Waals surface area contributed by atoms with Crippen LogP contribution >= 0.6 is 0 Å². The minimum atomic E-state index is -0.277. The normalized spacial score (nSPS) is 13.3. The lowest BCUT2D eigenvalue weighted by molar-refractivity contribution is -0.886. The molecule has 0 amide bonds. The number of carbonyl (C=O) groups is 1. The summed E-state index contributed by atoms with van der Waals surface area (Å²) in [6.45, 7) is 4.58. The number of unbranched alkanes of at least 4 members (excludes halogenated alkanes) is 20. The molecule has 0 aromatic carbocycles. The summed E-state index contributed by atoms with van der Waals surface area (Å²) in [7, 11) is 6.05. The molecule has 0 rings (SSSR count). The number of ether oxygens (including phenoxy) is 2. The van der Waals surface area contributed by atoms with Crippen LogP contribution in [-0.2, 0) is 14.3 Å². The predicted octanol–water partition coefficient (Wildman–Crippen LogP) is 9.25. The molecule has 0 saturated carbocycles. The van der Waals surface area contributed by atoms with E-state index in [-0.39, 0.29) is 37.7 Å². The van der Waals surface area contributed by atoms with Gasteiger partial charge in [-0.15, -0.1) is 0 Å². The summed E-state index contributed by atoms with van der Waals surface area (Å²) in [4.78, 5) is 17.3. The van der Waals surface area contributed by atoms with E-state index in [0.717, 1.165) is 38.5 Å². The van der Waals surface area contributed by atoms with Gasteiger partial charge < -0.3 is 24.2 Å². The minimum Gasteiger partial charge on any atom is -0.405 e. The maximum Gasteiger partial charge on any atom is 0.313 e. The summed E-state index contributed by atoms with van der Waals surface area (Å²) >= 11 is 0. The third kappa shape index (κ3) is 25.8. The largest absolute Gasteiger partial charge is 0.405 e. The Morgan fingerprint density at radius 1 is 0.659 bits per heavy atom. The number of carbonyl (C=O) groups excluding carboxylic acids is 1. The quantitative estimate of drug-likeness (QED) is 0.0200. The summed E-state index contributed by atoms with van der Waals surface area (Å²) in [5.41, 5.74) is 0. The second-order valence-electron chi connectivity index (χ2n) is 13.4. The molecule has 0 aliphatic rings. The van der Waals surface area contributed by atoms with E-state index in [1.807, 2.05) is 27.2 Å². The second kappa shape index (κ2) is 30.2. The van der Waals surface area contributed by atoms with Gasteiger partial charge >= 0.3 is 5.97 Å². The number of hydrogen-bond acceptors (Lipinski definition) is 6. The Bertz CT molecular complexity index is 717. The molecule has 1 unspecified atom stereocenters. The molecule has 0 aliphatic heterocycles. The molecular weight excluding hydrogens is 552 g/mol. The molecule has 0 heterocycles. The smallest absolute Gasteiger partial charge is 0.313 e. The summed E-state index contributed by atoms with van der Waals surface area (Å²) in [6.07, 6.45) is 29.7. The van der Waals surface area contributed by atoms with Crippen molar-refractivity contribution >= 4 is 11.9 Å². The first-order chi connectivity index (χ1) is 21.3. The van der Waals surface area contributed by atoms with Crippen LogP contribution in [0.4, 0.5) is 0 Å². The molecule has 0 aromatic heterocycles. The molecule has 0 radical (unpaired) electrons. The number of hydrogen-bond donors (Lipinski definition) is 2. The lowest BCUT2D eigenvalue weighted by Gasteiger charge is -2.34. The molecular formula is C37H73N2O5+. The molecule has 260 valence electrons. The molecule has 44 heavy (non-hydrogen) atoms. The minimum absolute atomic E-state index is 0.0159. The summed E-state index contributed by atoms with van der Waals surface area (Å²) in [5, 5.41) is 19.2. The fourth-order valence-electron chi connectivity index (χ4n) is 5.49. The van der Waals surface area contributed by atoms with Crippen LogP contribution in [0, 0.1) is 0 Å². The number of esters is 1. The predicted molar refractivity (Wildman–Crippen MR) is 186 cm³/mol. The Morgan fingerprint density at radius 2 is 1.11 bits per heavy atom. The highest BCUT2D eigenvalue weighted by atomic mass is 16.7. The zero-order valence-electron chi connectivity index (χ0n) is 29.8. The number of rotatable bonds is 31. The van der Waals surface area contributed by atoms with Gasteiger partial charge in [-0.3, -0.25) is 4.79 Å². The van der Waals surface area contributed by atoms with E-state index in [1.54, 1.807) is 0 Å². The van der Waals surface area contributed by atoms with Crippen LogP contribution in [0.1, 0.15) is 168 Å². The zero-order chi connectivity index (χ0) is 32.7. The van der Waals surface area contributed by atoms with E-state index in [4.69, 9.17) is 9.47 Å². The number of nitrogens with zero attached hydrogens (tertiary/aromatic N) is 2. The molecule has 1 atom stereocenters. The third-order valence-electron chi connectivity index (χ3n) is 8.26. The topological polar surface area (TPSA) is 88.4 Å². The number of aliphatic imine (C=N–C) groups is 1. The first-order valence-corrected chi connectivity index (χ1v) is 18.5. The zero-order valence-corrected chi connectivity index (χ0v) is 29.8. The molecule has 0 saturated heterocycles. The summed E-state index contributed by atoms with van der Waals surface area (Å²) in [6, 6.07) is -0.238. The van der Waals surface area contributed by atoms with Gasteiger partial charge in [-0.25, -0.2) is 4.99 Å². The highest BCUT2D eigenvalue weighted by molar-refractivity contribution is 5.82. The Morgan fingerprint density at radius 3 is 1.55 bits per heavy atom. The van der Waals surface area contributed by atoms with Gasteiger partial charge in [-0.2, -0.15) is 0 Å². The van der Waals surface area contributed by atoms with E-state index in [0.29, 0.717) is 23.2 Å². The van der Waals surface area contributed by atoms with Crippen LogP contribution in [-0.4, -0.2) is 73.5 Å². The fraction of sp³-hybridized carbons (Fsp3) is 0.892. The Kier molecular flexibility index (Phi) is 29.2. The average Bonchev–Trinajstić information content (AvgIpc) is 2.98. The van der Waals surface area contributed by atoms with Crippen molar-refractivity contribution in [2.75, 3.05) is 40.9 Å². The number of quaternary nitrogens is 1. The van der Waals surface area contributed by atoms with E-state index in [9.17, 15) is 15.0 Å². The molecule has 7 heteroatoms. The number of aliphatic hydroxyl groups is 2. The van der Waals surface area contributed by atoms with E-state index < -0.39 is 0 Å². The maximum absolute atomic E-state index is 12.8. The number of allylic oxidation sites excluding steroid dienone is 1. The van der Waals surface area contributed by atoms with Crippen molar-refractivity contribution in [1.82, 2.24) is 0 Å². The van der Waals surface area contributed by atoms with E-state index >= 15 is 0 Å². The first-order valence-electron chi connectivity index (χ1n) is 18.5. The van der Waals surface area contributed by atoms with Crippen molar-refractivity contribution in [1.29, 1.82) is 0 Å². The lowest BCUT2D eigenvalue weighted by Crippen LogP contribution is -2.51. The summed E-state index contributed by atoms with van der Waals surface area (Å²) in [5.74, 6) is 0.292. The van der Waals surface area contributed by atoms with Crippen LogP contribution in [0.25, 0.3) is 0 Å². The van der Waals surface area contributed by atoms with Crippen LogP contribution in [0.15, 0.2) is 17.0 Å². The molecule has 7 nitrogen and oxygen atoms in total. The molecule has 0 aliphatic carbocycles. The Labute approximate surface area is 272 Å². The van der Waals surface area contributed by atoms with Crippen LogP contribution in [0.2, 0.25) is 0 Å². The van der Waals surface area contributed by atoms with Crippen LogP contribution in [0.5, 0.6) is 0 Å². The van der Waals surface area contributed by atoms with Crippen molar-refractivity contribution in [3.05, 3.63) is 12.0 Å². The lowest BCUT2D eigenvalue weighted by atomic mass is 10.1. The third-order valence-corrected chi connectivity index (χ3v) is 8.26. The molecule has 0 spiro atoms. The van der Waals surface area contributed by atoms with Crippen molar-refractivity contribution in [2.24, 2.45) is 4.99 Å². The van der Waals surface area contributed by atoms with Gasteiger partial charge in [0.1, 0.15) is 0 Å². The highest BCUT2D eigenvalue weighted by Gasteiger charge is 2.32. The first kappa shape index (κ1) is 42.6. The van der Waals surface area contributed by atoms with Gasteiger partial charge in [-0.1, -0.05) is 136 Å². The molecule has 2 N–H and O–H groups in total. The van der Waals surface area contributed by atoms with Crippen molar-refractivity contribution < 1.29 is 29.0 Å².